The number of anilines is 2. The van der Waals surface area contributed by atoms with Crippen LogP contribution in [0.4, 0.5) is 11.4 Å². The quantitative estimate of drug-likeness (QED) is 0.456. The zero-order chi connectivity index (χ0) is 20.3. The van der Waals surface area contributed by atoms with Gasteiger partial charge in [-0.05, 0) is 60.7 Å². The van der Waals surface area contributed by atoms with Gasteiger partial charge < -0.3 is 10.6 Å². The molecule has 0 spiro atoms. The van der Waals surface area contributed by atoms with Gasteiger partial charge in [0, 0.05) is 42.6 Å². The molecular weight excluding hydrogens is 442 g/mol. The van der Waals surface area contributed by atoms with Crippen LogP contribution >= 0.6 is 46.4 Å². The van der Waals surface area contributed by atoms with Crippen LogP contribution < -0.4 is 10.6 Å². The molecule has 0 atom stereocenters. The van der Waals surface area contributed by atoms with Crippen molar-refractivity contribution >= 4 is 69.6 Å². The summed E-state index contributed by atoms with van der Waals surface area (Å²) >= 11 is 23.7. The molecule has 0 aliphatic rings. The molecule has 0 fully saturated rings. The minimum absolute atomic E-state index is 0.340. The van der Waals surface area contributed by atoms with Gasteiger partial charge in [0.2, 0.25) is 0 Å². The lowest BCUT2D eigenvalue weighted by molar-refractivity contribution is 0.101. The lowest BCUT2D eigenvalue weighted by Gasteiger charge is -2.09. The number of hydrogen-bond acceptors (Lipinski definition) is 2. The van der Waals surface area contributed by atoms with Crippen LogP contribution in [0, 0.1) is 0 Å². The largest absolute Gasteiger partial charge is 0.322 e. The van der Waals surface area contributed by atoms with Gasteiger partial charge >= 0.3 is 0 Å². The highest BCUT2D eigenvalue weighted by Gasteiger charge is 2.10. The summed E-state index contributed by atoms with van der Waals surface area (Å²) in [4.78, 5) is 24.6. The zero-order valence-electron chi connectivity index (χ0n) is 14.1. The van der Waals surface area contributed by atoms with E-state index in [1.54, 1.807) is 36.4 Å². The predicted octanol–water partition coefficient (Wildman–Crippen LogP) is 6.80. The first-order valence-corrected chi connectivity index (χ1v) is 9.46. The second kappa shape index (κ2) is 8.84. The molecule has 142 valence electrons. The van der Waals surface area contributed by atoms with Crippen molar-refractivity contribution in [1.82, 2.24) is 0 Å². The van der Waals surface area contributed by atoms with Crippen molar-refractivity contribution in [2.75, 3.05) is 10.6 Å². The van der Waals surface area contributed by atoms with E-state index in [2.05, 4.69) is 10.6 Å². The van der Waals surface area contributed by atoms with Crippen molar-refractivity contribution in [2.24, 2.45) is 0 Å². The smallest absolute Gasteiger partial charge is 0.255 e. The van der Waals surface area contributed by atoms with Crippen LogP contribution in [0.5, 0.6) is 0 Å². The molecule has 3 rings (SSSR count). The third kappa shape index (κ3) is 5.40. The van der Waals surface area contributed by atoms with E-state index in [-0.39, 0.29) is 11.8 Å². The van der Waals surface area contributed by atoms with E-state index < -0.39 is 0 Å². The van der Waals surface area contributed by atoms with Gasteiger partial charge in [-0.15, -0.1) is 0 Å². The number of carbonyl (C=O) groups is 2. The van der Waals surface area contributed by atoms with Gasteiger partial charge in [-0.1, -0.05) is 46.4 Å². The maximum Gasteiger partial charge on any atom is 0.255 e. The third-order valence-electron chi connectivity index (χ3n) is 3.65. The van der Waals surface area contributed by atoms with Crippen molar-refractivity contribution in [3.8, 4) is 0 Å². The molecule has 0 aromatic heterocycles. The van der Waals surface area contributed by atoms with Gasteiger partial charge in [0.15, 0.2) is 0 Å². The number of benzene rings is 3. The Hall–Kier alpha value is -2.24. The number of amides is 2. The standard InChI is InChI=1S/C20H12Cl4N2O2/c21-13-5-11(6-14(22)9-13)19(27)25-17-1-2-18(4-3-17)26-20(28)12-7-15(23)10-16(24)8-12/h1-10H,(H,25,27)(H,26,28). The van der Waals surface area contributed by atoms with Gasteiger partial charge in [0.05, 0.1) is 0 Å². The molecule has 0 saturated carbocycles. The first-order chi connectivity index (χ1) is 13.3. The Kier molecular flexibility index (Phi) is 6.47. The van der Waals surface area contributed by atoms with Crippen LogP contribution in [0.15, 0.2) is 60.7 Å². The summed E-state index contributed by atoms with van der Waals surface area (Å²) in [5, 5.41) is 6.96. The molecule has 0 aliphatic carbocycles. The topological polar surface area (TPSA) is 58.2 Å². The first kappa shape index (κ1) is 20.5. The Balaban J connectivity index is 1.67. The third-order valence-corrected chi connectivity index (χ3v) is 4.52. The SMILES string of the molecule is O=C(Nc1ccc(NC(=O)c2cc(Cl)cc(Cl)c2)cc1)c1cc(Cl)cc(Cl)c1. The fourth-order valence-electron chi connectivity index (χ4n) is 2.41. The van der Waals surface area contributed by atoms with Gasteiger partial charge in [-0.25, -0.2) is 0 Å². The summed E-state index contributed by atoms with van der Waals surface area (Å²) in [5.74, 6) is -0.704. The van der Waals surface area contributed by atoms with E-state index in [9.17, 15) is 9.59 Å². The van der Waals surface area contributed by atoms with Crippen LogP contribution in [-0.2, 0) is 0 Å². The van der Waals surface area contributed by atoms with E-state index in [0.29, 0.717) is 42.6 Å². The van der Waals surface area contributed by atoms with Gasteiger partial charge in [0.25, 0.3) is 11.8 Å². The number of rotatable bonds is 4. The second-order valence-corrected chi connectivity index (χ2v) is 7.55. The van der Waals surface area contributed by atoms with Crippen LogP contribution in [0.3, 0.4) is 0 Å². The second-order valence-electron chi connectivity index (χ2n) is 5.80. The fraction of sp³-hybridized carbons (Fsp3) is 0. The Labute approximate surface area is 181 Å². The summed E-state index contributed by atoms with van der Waals surface area (Å²) in [7, 11) is 0. The molecule has 0 saturated heterocycles. The summed E-state index contributed by atoms with van der Waals surface area (Å²) in [6.45, 7) is 0. The lowest BCUT2D eigenvalue weighted by atomic mass is 10.2. The minimum atomic E-state index is -0.352. The van der Waals surface area contributed by atoms with E-state index in [4.69, 9.17) is 46.4 Å². The van der Waals surface area contributed by atoms with Crippen LogP contribution in [0.25, 0.3) is 0 Å². The van der Waals surface area contributed by atoms with E-state index in [1.165, 1.54) is 24.3 Å². The summed E-state index contributed by atoms with van der Waals surface area (Å²) < 4.78 is 0. The van der Waals surface area contributed by atoms with E-state index in [1.807, 2.05) is 0 Å². The highest BCUT2D eigenvalue weighted by Crippen LogP contribution is 2.22. The van der Waals surface area contributed by atoms with Crippen LogP contribution in [0.1, 0.15) is 20.7 Å². The summed E-state index contributed by atoms with van der Waals surface area (Å²) in [6, 6.07) is 15.8. The van der Waals surface area contributed by atoms with Crippen molar-refractivity contribution in [3.63, 3.8) is 0 Å². The molecular formula is C20H12Cl4N2O2. The van der Waals surface area contributed by atoms with Gasteiger partial charge in [-0.3, -0.25) is 9.59 Å². The van der Waals surface area contributed by atoms with E-state index >= 15 is 0 Å². The number of hydrogen-bond donors (Lipinski definition) is 2. The molecule has 2 amide bonds. The molecule has 28 heavy (non-hydrogen) atoms. The predicted molar refractivity (Wildman–Crippen MR) is 115 cm³/mol. The molecule has 0 aliphatic heterocycles. The van der Waals surface area contributed by atoms with Crippen LogP contribution in [-0.4, -0.2) is 11.8 Å². The molecule has 0 bridgehead atoms. The maximum atomic E-state index is 12.3. The van der Waals surface area contributed by atoms with Crippen molar-refractivity contribution < 1.29 is 9.59 Å². The Morgan fingerprint density at radius 1 is 0.536 bits per heavy atom. The molecule has 0 heterocycles. The number of carbonyl (C=O) groups excluding carboxylic acids is 2. The van der Waals surface area contributed by atoms with Gasteiger partial charge in [-0.2, -0.15) is 0 Å². The Bertz CT molecular complexity index is 928. The monoisotopic (exact) mass is 452 g/mol. The van der Waals surface area contributed by atoms with Crippen molar-refractivity contribution in [1.29, 1.82) is 0 Å². The van der Waals surface area contributed by atoms with Crippen LogP contribution in [0.2, 0.25) is 20.1 Å². The first-order valence-electron chi connectivity index (χ1n) is 7.95. The highest BCUT2D eigenvalue weighted by molar-refractivity contribution is 6.36. The molecule has 8 heteroatoms. The average Bonchev–Trinajstić information content (AvgIpc) is 2.61. The molecule has 4 nitrogen and oxygen atoms in total. The minimum Gasteiger partial charge on any atom is -0.322 e. The lowest BCUT2D eigenvalue weighted by Crippen LogP contribution is -2.13. The number of halogens is 4. The molecule has 3 aromatic carbocycles. The Morgan fingerprint density at radius 2 is 0.821 bits per heavy atom. The molecule has 3 aromatic rings. The van der Waals surface area contributed by atoms with Gasteiger partial charge in [0.1, 0.15) is 0 Å². The molecule has 0 radical (unpaired) electrons. The highest BCUT2D eigenvalue weighted by atomic mass is 35.5. The summed E-state index contributed by atoms with van der Waals surface area (Å²) in [5.41, 5.74) is 1.77. The van der Waals surface area contributed by atoms with Crippen molar-refractivity contribution in [2.45, 2.75) is 0 Å². The fourth-order valence-corrected chi connectivity index (χ4v) is 3.47. The Morgan fingerprint density at radius 3 is 1.11 bits per heavy atom. The van der Waals surface area contributed by atoms with E-state index in [0.717, 1.165) is 0 Å². The summed E-state index contributed by atoms with van der Waals surface area (Å²) in [6.07, 6.45) is 0. The average molecular weight is 454 g/mol. The maximum absolute atomic E-state index is 12.3. The molecule has 2 N–H and O–H groups in total. The zero-order valence-corrected chi connectivity index (χ0v) is 17.1. The molecule has 0 unspecified atom stereocenters. The normalized spacial score (nSPS) is 10.4. The van der Waals surface area contributed by atoms with Crippen molar-refractivity contribution in [3.05, 3.63) is 91.9 Å². The number of nitrogens with one attached hydrogen (secondary N) is 2.